The monoisotopic (exact) mass is 376 g/mol. The second kappa shape index (κ2) is 7.18. The summed E-state index contributed by atoms with van der Waals surface area (Å²) >= 11 is 17.8. The van der Waals surface area contributed by atoms with Crippen LogP contribution in [0.15, 0.2) is 29.6 Å². The normalized spacial score (nSPS) is 13.0. The smallest absolute Gasteiger partial charge is 0.278 e. The average molecular weight is 378 g/mol. The van der Waals surface area contributed by atoms with Crippen molar-refractivity contribution in [3.05, 3.63) is 35.2 Å². The SMILES string of the molecule is CCC(C)c1ccc(-c2csc(NC(=O)C(Cl)(Cl)Cl)n2)cc1. The van der Waals surface area contributed by atoms with E-state index in [1.54, 1.807) is 0 Å². The summed E-state index contributed by atoms with van der Waals surface area (Å²) in [6, 6.07) is 8.25. The van der Waals surface area contributed by atoms with Crippen molar-refractivity contribution >= 4 is 57.2 Å². The molecule has 0 saturated carbocycles. The van der Waals surface area contributed by atoms with Gasteiger partial charge in [0.2, 0.25) is 0 Å². The van der Waals surface area contributed by atoms with E-state index in [1.807, 2.05) is 17.5 Å². The zero-order valence-electron chi connectivity index (χ0n) is 12.1. The third-order valence-corrected chi connectivity index (χ3v) is 4.64. The number of anilines is 1. The first-order chi connectivity index (χ1) is 10.3. The van der Waals surface area contributed by atoms with Crippen LogP contribution in [0.4, 0.5) is 5.13 Å². The number of alkyl halides is 3. The van der Waals surface area contributed by atoms with E-state index in [9.17, 15) is 4.79 Å². The Morgan fingerprint density at radius 3 is 2.50 bits per heavy atom. The average Bonchev–Trinajstić information content (AvgIpc) is 2.94. The van der Waals surface area contributed by atoms with Gasteiger partial charge < -0.3 is 0 Å². The van der Waals surface area contributed by atoms with Gasteiger partial charge in [-0.15, -0.1) is 11.3 Å². The number of hydrogen-bond acceptors (Lipinski definition) is 3. The van der Waals surface area contributed by atoms with Crippen molar-refractivity contribution in [2.75, 3.05) is 5.32 Å². The maximum Gasteiger partial charge on any atom is 0.278 e. The van der Waals surface area contributed by atoms with E-state index in [-0.39, 0.29) is 0 Å². The lowest BCUT2D eigenvalue weighted by Gasteiger charge is -2.09. The van der Waals surface area contributed by atoms with Crippen LogP contribution in [-0.4, -0.2) is 14.7 Å². The third-order valence-electron chi connectivity index (χ3n) is 3.37. The van der Waals surface area contributed by atoms with Crippen molar-refractivity contribution in [1.82, 2.24) is 4.98 Å². The molecule has 0 aliphatic carbocycles. The van der Waals surface area contributed by atoms with Crippen molar-refractivity contribution in [2.24, 2.45) is 0 Å². The van der Waals surface area contributed by atoms with Gasteiger partial charge in [-0.1, -0.05) is 72.9 Å². The predicted molar refractivity (Wildman–Crippen MR) is 95.2 cm³/mol. The molecule has 1 aromatic carbocycles. The molecule has 118 valence electrons. The second-order valence-electron chi connectivity index (χ2n) is 4.92. The van der Waals surface area contributed by atoms with Gasteiger partial charge in [-0.2, -0.15) is 0 Å². The molecule has 1 heterocycles. The molecular formula is C15H15Cl3N2OS. The van der Waals surface area contributed by atoms with E-state index >= 15 is 0 Å². The summed E-state index contributed by atoms with van der Waals surface area (Å²) in [5, 5.41) is 4.74. The molecule has 2 aromatic rings. The number of amides is 1. The number of nitrogens with one attached hydrogen (secondary N) is 1. The van der Waals surface area contributed by atoms with E-state index in [4.69, 9.17) is 34.8 Å². The fourth-order valence-corrected chi connectivity index (χ4v) is 2.71. The van der Waals surface area contributed by atoms with E-state index in [1.165, 1.54) is 16.9 Å². The number of carbonyl (C=O) groups is 1. The van der Waals surface area contributed by atoms with Crippen molar-refractivity contribution in [3.63, 3.8) is 0 Å². The summed E-state index contributed by atoms with van der Waals surface area (Å²) in [7, 11) is 0. The molecule has 0 radical (unpaired) electrons. The van der Waals surface area contributed by atoms with Crippen LogP contribution in [0.25, 0.3) is 11.3 Å². The lowest BCUT2D eigenvalue weighted by molar-refractivity contribution is -0.115. The standard InChI is InChI=1S/C15H15Cl3N2OS/c1-3-9(2)10-4-6-11(7-5-10)12-8-22-14(19-12)20-13(21)15(16,17)18/h4-9H,3H2,1-2H3,(H,19,20,21). The van der Waals surface area contributed by atoms with Gasteiger partial charge in [-0.05, 0) is 17.9 Å². The summed E-state index contributed by atoms with van der Waals surface area (Å²) in [5.41, 5.74) is 3.06. The van der Waals surface area contributed by atoms with Gasteiger partial charge in [0, 0.05) is 10.9 Å². The molecule has 0 saturated heterocycles. The van der Waals surface area contributed by atoms with Crippen molar-refractivity contribution in [3.8, 4) is 11.3 Å². The molecule has 1 amide bonds. The highest BCUT2D eigenvalue weighted by Crippen LogP contribution is 2.30. The molecular weight excluding hydrogens is 363 g/mol. The lowest BCUT2D eigenvalue weighted by atomic mass is 9.97. The minimum Gasteiger partial charge on any atom is -0.298 e. The van der Waals surface area contributed by atoms with Crippen LogP contribution >= 0.6 is 46.1 Å². The minimum absolute atomic E-state index is 0.400. The van der Waals surface area contributed by atoms with Crippen LogP contribution in [0.1, 0.15) is 31.7 Å². The molecule has 2 rings (SSSR count). The number of hydrogen-bond donors (Lipinski definition) is 1. The number of nitrogens with zero attached hydrogens (tertiary/aromatic N) is 1. The number of benzene rings is 1. The first kappa shape index (κ1) is 17.5. The summed E-state index contributed by atoms with van der Waals surface area (Å²) in [6.45, 7) is 4.36. The Morgan fingerprint density at radius 1 is 1.32 bits per heavy atom. The number of carbonyl (C=O) groups excluding carboxylic acids is 1. The fraction of sp³-hybridized carbons (Fsp3) is 0.333. The summed E-state index contributed by atoms with van der Waals surface area (Å²) in [5.74, 6) is -0.186. The highest BCUT2D eigenvalue weighted by Gasteiger charge is 2.31. The number of halogens is 3. The summed E-state index contributed by atoms with van der Waals surface area (Å²) < 4.78 is -2.00. The van der Waals surface area contributed by atoms with Gasteiger partial charge in [0.1, 0.15) is 0 Å². The van der Waals surface area contributed by atoms with Gasteiger partial charge in [-0.25, -0.2) is 4.98 Å². The molecule has 0 aliphatic rings. The van der Waals surface area contributed by atoms with Crippen molar-refractivity contribution in [2.45, 2.75) is 30.0 Å². The Kier molecular flexibility index (Phi) is 5.72. The van der Waals surface area contributed by atoms with Crippen LogP contribution in [0.5, 0.6) is 0 Å². The number of aromatic nitrogens is 1. The molecule has 0 fully saturated rings. The zero-order chi connectivity index (χ0) is 16.3. The van der Waals surface area contributed by atoms with Crippen LogP contribution in [0.3, 0.4) is 0 Å². The molecule has 3 nitrogen and oxygen atoms in total. The molecule has 7 heteroatoms. The first-order valence-electron chi connectivity index (χ1n) is 6.75. The molecule has 1 unspecified atom stereocenters. The predicted octanol–water partition coefficient (Wildman–Crippen LogP) is 5.63. The first-order valence-corrected chi connectivity index (χ1v) is 8.76. The van der Waals surface area contributed by atoms with Crippen LogP contribution < -0.4 is 5.32 Å². The quantitative estimate of drug-likeness (QED) is 0.701. The van der Waals surface area contributed by atoms with Crippen LogP contribution in [0, 0.1) is 0 Å². The van der Waals surface area contributed by atoms with Gasteiger partial charge in [0.25, 0.3) is 9.70 Å². The Morgan fingerprint density at radius 2 is 1.95 bits per heavy atom. The minimum atomic E-state index is -2.00. The molecule has 1 aromatic heterocycles. The number of rotatable bonds is 4. The van der Waals surface area contributed by atoms with Crippen molar-refractivity contribution < 1.29 is 4.79 Å². The largest absolute Gasteiger partial charge is 0.298 e. The third kappa shape index (κ3) is 4.35. The molecule has 22 heavy (non-hydrogen) atoms. The summed E-state index contributed by atoms with van der Waals surface area (Å²) in [4.78, 5) is 15.9. The molecule has 1 atom stereocenters. The summed E-state index contributed by atoms with van der Waals surface area (Å²) in [6.07, 6.45) is 1.10. The fourth-order valence-electron chi connectivity index (χ4n) is 1.85. The van der Waals surface area contributed by atoms with Crippen molar-refractivity contribution in [1.29, 1.82) is 0 Å². The molecule has 0 spiro atoms. The second-order valence-corrected chi connectivity index (χ2v) is 8.06. The van der Waals surface area contributed by atoms with Crippen LogP contribution in [0.2, 0.25) is 0 Å². The maximum absolute atomic E-state index is 11.6. The Labute approximate surface area is 148 Å². The number of thiazole rings is 1. The molecule has 1 N–H and O–H groups in total. The topological polar surface area (TPSA) is 42.0 Å². The van der Waals surface area contributed by atoms with Gasteiger partial charge >= 0.3 is 0 Å². The highest BCUT2D eigenvalue weighted by atomic mass is 35.6. The Balaban J connectivity index is 2.13. The highest BCUT2D eigenvalue weighted by molar-refractivity contribution is 7.14. The van der Waals surface area contributed by atoms with Gasteiger partial charge in [0.05, 0.1) is 5.69 Å². The van der Waals surface area contributed by atoms with E-state index in [2.05, 4.69) is 36.3 Å². The van der Waals surface area contributed by atoms with E-state index in [0.29, 0.717) is 11.0 Å². The zero-order valence-corrected chi connectivity index (χ0v) is 15.2. The Hall–Kier alpha value is -0.810. The van der Waals surface area contributed by atoms with Gasteiger partial charge in [0.15, 0.2) is 5.13 Å². The van der Waals surface area contributed by atoms with Crippen LogP contribution in [-0.2, 0) is 4.79 Å². The van der Waals surface area contributed by atoms with E-state index < -0.39 is 9.70 Å². The Bertz CT molecular complexity index is 650. The lowest BCUT2D eigenvalue weighted by Crippen LogP contribution is -2.26. The van der Waals surface area contributed by atoms with Gasteiger partial charge in [-0.3, -0.25) is 10.1 Å². The molecule has 0 aliphatic heterocycles. The van der Waals surface area contributed by atoms with E-state index in [0.717, 1.165) is 17.7 Å². The molecule has 0 bridgehead atoms. The maximum atomic E-state index is 11.6.